The normalized spacial score (nSPS) is 17.1. The Morgan fingerprint density at radius 1 is 1.06 bits per heavy atom. The lowest BCUT2D eigenvalue weighted by atomic mass is 9.98. The third-order valence-corrected chi connectivity index (χ3v) is 7.95. The number of piperidine rings is 1. The minimum Gasteiger partial charge on any atom is -0.493 e. The molecule has 0 spiro atoms. The molecule has 1 saturated heterocycles. The van der Waals surface area contributed by atoms with Crippen molar-refractivity contribution in [2.75, 3.05) is 27.3 Å². The molecule has 32 heavy (non-hydrogen) atoms. The average molecular weight is 501 g/mol. The van der Waals surface area contributed by atoms with Crippen LogP contribution >= 0.6 is 23.2 Å². The number of halogens is 2. The topological polar surface area (TPSA) is 84.9 Å². The van der Waals surface area contributed by atoms with Gasteiger partial charge in [0.25, 0.3) is 0 Å². The van der Waals surface area contributed by atoms with Gasteiger partial charge in [0.15, 0.2) is 11.5 Å². The van der Waals surface area contributed by atoms with E-state index in [1.807, 2.05) is 6.07 Å². The van der Waals surface area contributed by atoms with Crippen LogP contribution in [0.25, 0.3) is 0 Å². The van der Waals surface area contributed by atoms with Crippen LogP contribution in [0.1, 0.15) is 24.0 Å². The summed E-state index contributed by atoms with van der Waals surface area (Å²) in [6, 6.07) is 10.2. The minimum atomic E-state index is -3.60. The van der Waals surface area contributed by atoms with E-state index in [4.69, 9.17) is 32.7 Å². The molecule has 0 unspecified atom stereocenters. The lowest BCUT2D eigenvalue weighted by Crippen LogP contribution is -2.45. The number of hydrogen-bond donors (Lipinski definition) is 1. The zero-order valence-electron chi connectivity index (χ0n) is 17.9. The molecule has 2 aromatic carbocycles. The van der Waals surface area contributed by atoms with Crippen LogP contribution < -0.4 is 14.8 Å². The van der Waals surface area contributed by atoms with Gasteiger partial charge in [0.2, 0.25) is 15.9 Å². The highest BCUT2D eigenvalue weighted by atomic mass is 35.5. The van der Waals surface area contributed by atoms with Gasteiger partial charge in [-0.05, 0) is 48.2 Å². The number of rotatable bonds is 8. The molecule has 1 N–H and O–H groups in total. The first-order valence-electron chi connectivity index (χ1n) is 10.1. The molecule has 1 fully saturated rings. The maximum Gasteiger partial charge on any atom is 0.224 e. The number of benzene rings is 2. The van der Waals surface area contributed by atoms with Gasteiger partial charge in [0.1, 0.15) is 0 Å². The van der Waals surface area contributed by atoms with Crippen molar-refractivity contribution in [3.05, 3.63) is 57.6 Å². The van der Waals surface area contributed by atoms with Crippen LogP contribution in [0.15, 0.2) is 36.4 Å². The fourth-order valence-electron chi connectivity index (χ4n) is 3.66. The SMILES string of the molecule is COc1ccc(CNC(=O)[C@H]2CCCN(S(=O)(=O)Cc3ccc(Cl)c(Cl)c3)C2)cc1OC. The summed E-state index contributed by atoms with van der Waals surface area (Å²) in [5.74, 6) is 0.417. The zero-order valence-corrected chi connectivity index (χ0v) is 20.3. The van der Waals surface area contributed by atoms with Crippen molar-refractivity contribution in [1.29, 1.82) is 0 Å². The van der Waals surface area contributed by atoms with Crippen LogP contribution in [-0.2, 0) is 27.1 Å². The van der Waals surface area contributed by atoms with E-state index in [0.717, 1.165) is 5.56 Å². The summed E-state index contributed by atoms with van der Waals surface area (Å²) in [6.45, 7) is 0.857. The van der Waals surface area contributed by atoms with E-state index < -0.39 is 15.9 Å². The van der Waals surface area contributed by atoms with Crippen LogP contribution in [0, 0.1) is 5.92 Å². The number of hydrogen-bond acceptors (Lipinski definition) is 5. The average Bonchev–Trinajstić information content (AvgIpc) is 2.79. The van der Waals surface area contributed by atoms with Gasteiger partial charge >= 0.3 is 0 Å². The number of nitrogens with zero attached hydrogens (tertiary/aromatic N) is 1. The van der Waals surface area contributed by atoms with Gasteiger partial charge in [-0.25, -0.2) is 12.7 Å². The van der Waals surface area contributed by atoms with Crippen molar-refractivity contribution in [2.24, 2.45) is 5.92 Å². The molecule has 3 rings (SSSR count). The lowest BCUT2D eigenvalue weighted by Gasteiger charge is -2.31. The second-order valence-corrected chi connectivity index (χ2v) is 10.4. The van der Waals surface area contributed by atoms with Crippen LogP contribution in [0.3, 0.4) is 0 Å². The summed E-state index contributed by atoms with van der Waals surface area (Å²) in [4.78, 5) is 12.7. The number of sulfonamides is 1. The monoisotopic (exact) mass is 500 g/mol. The molecule has 0 radical (unpaired) electrons. The summed E-state index contributed by atoms with van der Waals surface area (Å²) in [7, 11) is -0.485. The van der Waals surface area contributed by atoms with E-state index >= 15 is 0 Å². The minimum absolute atomic E-state index is 0.154. The van der Waals surface area contributed by atoms with Crippen molar-refractivity contribution in [3.63, 3.8) is 0 Å². The maximum absolute atomic E-state index is 12.9. The number of methoxy groups -OCH3 is 2. The smallest absolute Gasteiger partial charge is 0.224 e. The standard InChI is InChI=1S/C22H26Cl2N2O5S/c1-30-20-8-6-15(11-21(20)31-2)12-25-22(27)17-4-3-9-26(13-17)32(28,29)14-16-5-7-18(23)19(24)10-16/h5-8,10-11,17H,3-4,9,12-14H2,1-2H3,(H,25,27)/t17-/m0/s1. The number of ether oxygens (including phenoxy) is 2. The number of nitrogens with one attached hydrogen (secondary N) is 1. The molecule has 174 valence electrons. The van der Waals surface area contributed by atoms with Gasteiger partial charge in [-0.2, -0.15) is 0 Å². The summed E-state index contributed by atoms with van der Waals surface area (Å²) >= 11 is 11.9. The molecule has 0 bridgehead atoms. The van der Waals surface area contributed by atoms with E-state index in [0.29, 0.717) is 53.0 Å². The third kappa shape index (κ3) is 6.07. The first-order chi connectivity index (χ1) is 15.2. The van der Waals surface area contributed by atoms with Crippen molar-refractivity contribution in [2.45, 2.75) is 25.1 Å². The van der Waals surface area contributed by atoms with Crippen molar-refractivity contribution < 1.29 is 22.7 Å². The molecule has 10 heteroatoms. The highest BCUT2D eigenvalue weighted by molar-refractivity contribution is 7.88. The first-order valence-corrected chi connectivity index (χ1v) is 12.5. The Bertz CT molecular complexity index is 1080. The Morgan fingerprint density at radius 3 is 2.47 bits per heavy atom. The predicted molar refractivity (Wildman–Crippen MR) is 125 cm³/mol. The maximum atomic E-state index is 12.9. The van der Waals surface area contributed by atoms with Gasteiger partial charge in [0.05, 0.1) is 35.9 Å². The van der Waals surface area contributed by atoms with Crippen molar-refractivity contribution in [1.82, 2.24) is 9.62 Å². The van der Waals surface area contributed by atoms with Crippen molar-refractivity contribution >= 4 is 39.1 Å². The molecular weight excluding hydrogens is 475 g/mol. The Kier molecular flexibility index (Phi) is 8.27. The van der Waals surface area contributed by atoms with Gasteiger partial charge in [0, 0.05) is 19.6 Å². The van der Waals surface area contributed by atoms with Gasteiger partial charge in [-0.15, -0.1) is 0 Å². The first kappa shape index (κ1) is 24.6. The van der Waals surface area contributed by atoms with E-state index in [2.05, 4.69) is 5.32 Å². The van der Waals surface area contributed by atoms with Gasteiger partial charge in [-0.1, -0.05) is 35.3 Å². The Hall–Kier alpha value is -2.00. The zero-order chi connectivity index (χ0) is 23.3. The molecule has 2 aromatic rings. The van der Waals surface area contributed by atoms with Crippen LogP contribution in [0.4, 0.5) is 0 Å². The number of amides is 1. The van der Waals surface area contributed by atoms with E-state index in [1.165, 1.54) is 4.31 Å². The predicted octanol–water partition coefficient (Wildman–Crippen LogP) is 3.87. The molecule has 1 aliphatic rings. The fraction of sp³-hybridized carbons (Fsp3) is 0.409. The fourth-order valence-corrected chi connectivity index (χ4v) is 5.58. The van der Waals surface area contributed by atoms with Crippen LogP contribution in [0.5, 0.6) is 11.5 Å². The molecule has 0 aliphatic carbocycles. The highest BCUT2D eigenvalue weighted by Gasteiger charge is 2.32. The van der Waals surface area contributed by atoms with E-state index in [-0.39, 0.29) is 18.2 Å². The van der Waals surface area contributed by atoms with Crippen LogP contribution in [0.2, 0.25) is 10.0 Å². The third-order valence-electron chi connectivity index (χ3n) is 5.40. The molecule has 1 heterocycles. The van der Waals surface area contributed by atoms with Crippen LogP contribution in [-0.4, -0.2) is 45.9 Å². The summed E-state index contributed by atoms with van der Waals surface area (Å²) in [5.41, 5.74) is 1.41. The summed E-state index contributed by atoms with van der Waals surface area (Å²) < 4.78 is 37.7. The summed E-state index contributed by atoms with van der Waals surface area (Å²) in [6.07, 6.45) is 1.26. The van der Waals surface area contributed by atoms with E-state index in [9.17, 15) is 13.2 Å². The molecule has 0 aromatic heterocycles. The Balaban J connectivity index is 1.61. The molecule has 1 atom stereocenters. The molecular formula is C22H26Cl2N2O5S. The number of carbonyl (C=O) groups excluding carboxylic acids is 1. The molecule has 0 saturated carbocycles. The lowest BCUT2D eigenvalue weighted by molar-refractivity contribution is -0.126. The van der Waals surface area contributed by atoms with Crippen molar-refractivity contribution in [3.8, 4) is 11.5 Å². The molecule has 7 nitrogen and oxygen atoms in total. The Morgan fingerprint density at radius 2 is 1.78 bits per heavy atom. The second-order valence-electron chi connectivity index (χ2n) is 7.61. The molecule has 1 amide bonds. The highest BCUT2D eigenvalue weighted by Crippen LogP contribution is 2.28. The number of carbonyl (C=O) groups is 1. The second kappa shape index (κ2) is 10.7. The summed E-state index contributed by atoms with van der Waals surface area (Å²) in [5, 5.41) is 3.59. The quantitative estimate of drug-likeness (QED) is 0.594. The largest absolute Gasteiger partial charge is 0.493 e. The van der Waals surface area contributed by atoms with E-state index in [1.54, 1.807) is 44.6 Å². The Labute approximate surface area is 198 Å². The van der Waals surface area contributed by atoms with Gasteiger partial charge in [-0.3, -0.25) is 4.79 Å². The molecule has 1 aliphatic heterocycles. The van der Waals surface area contributed by atoms with Gasteiger partial charge < -0.3 is 14.8 Å².